The van der Waals surface area contributed by atoms with Gasteiger partial charge in [0.1, 0.15) is 18.2 Å². The molecular formula is C37H45N3O6. The number of anilines is 1. The van der Waals surface area contributed by atoms with Gasteiger partial charge in [0.25, 0.3) is 0 Å². The summed E-state index contributed by atoms with van der Waals surface area (Å²) in [6.45, 7) is 7.84. The third-order valence-corrected chi connectivity index (χ3v) is 10.7. The number of carboxylic acids is 1. The number of aromatic nitrogens is 1. The highest BCUT2D eigenvalue weighted by Gasteiger charge is 2.71. The number of aryl methyl sites for hydroxylation is 1. The molecule has 7 rings (SSSR count). The van der Waals surface area contributed by atoms with E-state index in [9.17, 15) is 9.90 Å². The number of fused-ring (bicyclic) bond motifs is 2. The molecule has 2 aromatic carbocycles. The molecule has 4 heterocycles. The van der Waals surface area contributed by atoms with Gasteiger partial charge < -0.3 is 29.0 Å². The van der Waals surface area contributed by atoms with Crippen LogP contribution in [0.1, 0.15) is 47.1 Å². The van der Waals surface area contributed by atoms with Crippen molar-refractivity contribution in [1.82, 2.24) is 9.88 Å². The molecule has 46 heavy (non-hydrogen) atoms. The molecule has 0 radical (unpaired) electrons. The molecule has 3 fully saturated rings. The molecule has 0 spiro atoms. The Hall–Kier alpha value is -3.50. The minimum absolute atomic E-state index is 0.123. The molecule has 3 atom stereocenters. The van der Waals surface area contributed by atoms with Crippen LogP contribution in [0.5, 0.6) is 5.75 Å². The van der Waals surface area contributed by atoms with Crippen molar-refractivity contribution >= 4 is 11.8 Å². The van der Waals surface area contributed by atoms with Crippen LogP contribution < -0.4 is 9.64 Å². The normalized spacial score (nSPS) is 24.5. The molecule has 4 aliphatic rings. The van der Waals surface area contributed by atoms with E-state index >= 15 is 0 Å². The number of hydrogen-bond acceptors (Lipinski definition) is 8. The van der Waals surface area contributed by atoms with Crippen molar-refractivity contribution in [3.63, 3.8) is 0 Å². The van der Waals surface area contributed by atoms with Gasteiger partial charge in [0.15, 0.2) is 0 Å². The minimum Gasteiger partial charge on any atom is -0.488 e. The topological polar surface area (TPSA) is 93.6 Å². The summed E-state index contributed by atoms with van der Waals surface area (Å²) < 4.78 is 23.4. The average Bonchev–Trinajstić information content (AvgIpc) is 3.73. The standard InChI is InChI=1S/C37H45N3O6/c1-24-6-4-7-30(32-8-5-9-34(38-32)40-19-28-18-37(28,36(41)42)33(40)23-44-3)35(24)46-21-25-16-26-10-13-39(29-11-14-45-15-12-29)20-31(26)27(17-25)22-43-2/h4-9,16-17,28-29,33H,10-15,18-23H2,1-3H3,(H,41,42)/t28-,33+,37+/m0/s1. The van der Waals surface area contributed by atoms with Gasteiger partial charge >= 0.3 is 5.97 Å². The Morgan fingerprint density at radius 2 is 1.91 bits per heavy atom. The highest BCUT2D eigenvalue weighted by Crippen LogP contribution is 2.62. The van der Waals surface area contributed by atoms with Crippen LogP contribution in [0.25, 0.3) is 11.3 Å². The van der Waals surface area contributed by atoms with Gasteiger partial charge in [-0.25, -0.2) is 4.98 Å². The van der Waals surface area contributed by atoms with Gasteiger partial charge in [0.05, 0.1) is 30.4 Å². The fourth-order valence-corrected chi connectivity index (χ4v) is 8.19. The molecule has 1 saturated carbocycles. The number of carboxylic acid groups (broad SMARTS) is 1. The third-order valence-electron chi connectivity index (χ3n) is 10.7. The van der Waals surface area contributed by atoms with Crippen LogP contribution in [0.4, 0.5) is 5.82 Å². The number of pyridine rings is 1. The Kier molecular flexibility index (Phi) is 8.76. The molecule has 244 valence electrons. The maximum atomic E-state index is 12.3. The predicted molar refractivity (Wildman–Crippen MR) is 175 cm³/mol. The second kappa shape index (κ2) is 13.0. The van der Waals surface area contributed by atoms with Crippen molar-refractivity contribution in [2.24, 2.45) is 11.3 Å². The molecule has 3 aromatic rings. The first-order valence-electron chi connectivity index (χ1n) is 16.6. The lowest BCUT2D eigenvalue weighted by Crippen LogP contribution is -2.43. The van der Waals surface area contributed by atoms with Gasteiger partial charge in [-0.05, 0) is 90.6 Å². The van der Waals surface area contributed by atoms with Crippen LogP contribution in [0.2, 0.25) is 0 Å². The summed E-state index contributed by atoms with van der Waals surface area (Å²) in [7, 11) is 3.39. The lowest BCUT2D eigenvalue weighted by Gasteiger charge is -2.38. The number of nitrogens with zero attached hydrogens (tertiary/aromatic N) is 3. The Bertz CT molecular complexity index is 1590. The monoisotopic (exact) mass is 627 g/mol. The summed E-state index contributed by atoms with van der Waals surface area (Å²) in [5.74, 6) is 0.968. The Labute approximate surface area is 271 Å². The first-order chi connectivity index (χ1) is 22.4. The van der Waals surface area contributed by atoms with Crippen molar-refractivity contribution in [2.45, 2.75) is 64.4 Å². The Morgan fingerprint density at radius 1 is 1.09 bits per heavy atom. The summed E-state index contributed by atoms with van der Waals surface area (Å²) in [6, 6.07) is 17.0. The van der Waals surface area contributed by atoms with Crippen LogP contribution in [0.15, 0.2) is 48.5 Å². The number of rotatable bonds is 11. The molecule has 9 heteroatoms. The SMILES string of the molecule is COCc1cc(COc2c(C)cccc2-c2cccc(N3C[C@@H]4C[C@]4(C(=O)O)[C@H]3COC)n2)cc2c1CN(C1CCOCC1)CC2. The van der Waals surface area contributed by atoms with E-state index in [1.54, 1.807) is 14.2 Å². The van der Waals surface area contributed by atoms with Gasteiger partial charge in [-0.2, -0.15) is 0 Å². The maximum absolute atomic E-state index is 12.3. The van der Waals surface area contributed by atoms with Crippen molar-refractivity contribution < 1.29 is 28.8 Å². The van der Waals surface area contributed by atoms with E-state index < -0.39 is 11.4 Å². The molecule has 2 saturated heterocycles. The maximum Gasteiger partial charge on any atom is 0.312 e. The van der Waals surface area contributed by atoms with Crippen LogP contribution in [-0.4, -0.2) is 80.2 Å². The lowest BCUT2D eigenvalue weighted by atomic mass is 9.91. The second-order valence-corrected chi connectivity index (χ2v) is 13.4. The minimum atomic E-state index is -0.745. The summed E-state index contributed by atoms with van der Waals surface area (Å²) in [5, 5.41) is 10.1. The zero-order valence-corrected chi connectivity index (χ0v) is 27.2. The molecule has 1 aliphatic carbocycles. The first kappa shape index (κ1) is 31.1. The average molecular weight is 628 g/mol. The van der Waals surface area contributed by atoms with E-state index in [2.05, 4.69) is 41.0 Å². The molecule has 0 amide bonds. The fraction of sp³-hybridized carbons (Fsp3) is 0.514. The van der Waals surface area contributed by atoms with E-state index in [1.165, 1.54) is 16.7 Å². The summed E-state index contributed by atoms with van der Waals surface area (Å²) in [4.78, 5) is 22.1. The first-order valence-corrected chi connectivity index (χ1v) is 16.6. The molecular weight excluding hydrogens is 582 g/mol. The fourth-order valence-electron chi connectivity index (χ4n) is 8.19. The third kappa shape index (κ3) is 5.68. The number of carbonyl (C=O) groups is 1. The smallest absolute Gasteiger partial charge is 0.312 e. The number of para-hydroxylation sites is 1. The van der Waals surface area contributed by atoms with E-state index in [1.807, 2.05) is 24.3 Å². The largest absolute Gasteiger partial charge is 0.488 e. The van der Waals surface area contributed by atoms with E-state index in [4.69, 9.17) is 23.9 Å². The number of hydrogen-bond donors (Lipinski definition) is 1. The predicted octanol–water partition coefficient (Wildman–Crippen LogP) is 5.25. The second-order valence-electron chi connectivity index (χ2n) is 13.4. The van der Waals surface area contributed by atoms with E-state index in [-0.39, 0.29) is 12.0 Å². The van der Waals surface area contributed by atoms with Crippen molar-refractivity contribution in [3.8, 4) is 17.0 Å². The summed E-state index contributed by atoms with van der Waals surface area (Å²) in [5.41, 5.74) is 7.19. The van der Waals surface area contributed by atoms with Crippen LogP contribution >= 0.6 is 0 Å². The number of methoxy groups -OCH3 is 2. The Morgan fingerprint density at radius 3 is 2.70 bits per heavy atom. The summed E-state index contributed by atoms with van der Waals surface area (Å²) >= 11 is 0. The van der Waals surface area contributed by atoms with Crippen molar-refractivity contribution in [3.05, 3.63) is 76.3 Å². The van der Waals surface area contributed by atoms with Crippen LogP contribution in [0.3, 0.4) is 0 Å². The number of ether oxygens (including phenoxy) is 4. The van der Waals surface area contributed by atoms with E-state index in [0.717, 1.165) is 79.5 Å². The zero-order chi connectivity index (χ0) is 31.8. The van der Waals surface area contributed by atoms with Crippen LogP contribution in [0, 0.1) is 18.3 Å². The van der Waals surface area contributed by atoms with Crippen LogP contribution in [-0.2, 0) is 45.2 Å². The van der Waals surface area contributed by atoms with Gasteiger partial charge in [0.2, 0.25) is 0 Å². The lowest BCUT2D eigenvalue weighted by molar-refractivity contribution is -0.144. The molecule has 0 unspecified atom stereocenters. The van der Waals surface area contributed by atoms with Gasteiger partial charge in [-0.3, -0.25) is 9.69 Å². The summed E-state index contributed by atoms with van der Waals surface area (Å²) in [6.07, 6.45) is 3.93. The molecule has 1 aromatic heterocycles. The van der Waals surface area contributed by atoms with Crippen molar-refractivity contribution in [1.29, 1.82) is 0 Å². The Balaban J connectivity index is 1.12. The van der Waals surface area contributed by atoms with Gasteiger partial charge in [-0.15, -0.1) is 0 Å². The molecule has 3 aliphatic heterocycles. The van der Waals surface area contributed by atoms with Crippen molar-refractivity contribution in [2.75, 3.05) is 52.0 Å². The zero-order valence-electron chi connectivity index (χ0n) is 27.2. The number of benzene rings is 2. The van der Waals surface area contributed by atoms with E-state index in [0.29, 0.717) is 38.8 Å². The van der Waals surface area contributed by atoms with Gasteiger partial charge in [-0.1, -0.05) is 24.3 Å². The quantitative estimate of drug-likeness (QED) is 0.306. The molecule has 1 N–H and O–H groups in total. The highest BCUT2D eigenvalue weighted by atomic mass is 16.5. The highest BCUT2D eigenvalue weighted by molar-refractivity contribution is 5.82. The molecule has 0 bridgehead atoms. The number of aliphatic carboxylic acids is 1. The molecule has 9 nitrogen and oxygen atoms in total. The van der Waals surface area contributed by atoms with Gasteiger partial charge in [0, 0.05) is 58.7 Å². The number of piperidine rings is 1.